The smallest absolute Gasteiger partial charge is 0.325 e. The van der Waals surface area contributed by atoms with Crippen molar-refractivity contribution in [1.29, 1.82) is 0 Å². The first-order valence-corrected chi connectivity index (χ1v) is 6.15. The van der Waals surface area contributed by atoms with E-state index in [2.05, 4.69) is 5.16 Å². The summed E-state index contributed by atoms with van der Waals surface area (Å²) in [6.07, 6.45) is 3.03. The van der Waals surface area contributed by atoms with Crippen molar-refractivity contribution in [3.05, 3.63) is 35.0 Å². The van der Waals surface area contributed by atoms with Crippen LogP contribution in [0.25, 0.3) is 10.9 Å². The maximum Gasteiger partial charge on any atom is 0.325 e. The average molecular weight is 281 g/mol. The van der Waals surface area contributed by atoms with Crippen molar-refractivity contribution in [2.24, 2.45) is 5.16 Å². The van der Waals surface area contributed by atoms with E-state index in [1.165, 1.54) is 6.21 Å². The van der Waals surface area contributed by atoms with Gasteiger partial charge in [0, 0.05) is 27.7 Å². The molecule has 100 valence electrons. The summed E-state index contributed by atoms with van der Waals surface area (Å²) in [5.41, 5.74) is 1.51. The van der Waals surface area contributed by atoms with Crippen LogP contribution in [-0.4, -0.2) is 28.6 Å². The molecule has 0 aliphatic rings. The molecule has 0 amide bonds. The van der Waals surface area contributed by atoms with Crippen LogP contribution >= 0.6 is 11.6 Å². The normalized spacial score (nSPS) is 11.3. The van der Waals surface area contributed by atoms with Crippen LogP contribution in [0, 0.1) is 0 Å². The number of benzene rings is 1. The number of aromatic nitrogens is 1. The number of carbonyl (C=O) groups excluding carboxylic acids is 1. The van der Waals surface area contributed by atoms with Crippen LogP contribution < -0.4 is 0 Å². The minimum atomic E-state index is -0.318. The minimum Gasteiger partial charge on any atom is -0.465 e. The monoisotopic (exact) mass is 280 g/mol. The summed E-state index contributed by atoms with van der Waals surface area (Å²) < 4.78 is 6.66. The second-order valence-electron chi connectivity index (χ2n) is 3.92. The molecule has 0 bridgehead atoms. The fourth-order valence-corrected chi connectivity index (χ4v) is 2.11. The Balaban J connectivity index is 2.47. The van der Waals surface area contributed by atoms with Crippen molar-refractivity contribution in [3.63, 3.8) is 0 Å². The van der Waals surface area contributed by atoms with E-state index in [9.17, 15) is 4.79 Å². The van der Waals surface area contributed by atoms with Crippen LogP contribution in [0.5, 0.6) is 0 Å². The number of carbonyl (C=O) groups is 1. The molecule has 0 radical (unpaired) electrons. The van der Waals surface area contributed by atoms with Crippen molar-refractivity contribution in [2.75, 3.05) is 6.61 Å². The molecule has 0 unspecified atom stereocenters. The molecule has 19 heavy (non-hydrogen) atoms. The summed E-state index contributed by atoms with van der Waals surface area (Å²) in [5.74, 6) is -0.318. The van der Waals surface area contributed by atoms with Gasteiger partial charge in [0.05, 0.1) is 12.8 Å². The van der Waals surface area contributed by atoms with Crippen LogP contribution in [0.4, 0.5) is 0 Å². The lowest BCUT2D eigenvalue weighted by Gasteiger charge is -2.04. The molecule has 1 heterocycles. The number of hydrogen-bond donors (Lipinski definition) is 1. The van der Waals surface area contributed by atoms with Crippen molar-refractivity contribution in [3.8, 4) is 0 Å². The number of fused-ring (bicyclic) bond motifs is 1. The van der Waals surface area contributed by atoms with Gasteiger partial charge in [-0.1, -0.05) is 16.8 Å². The molecule has 0 fully saturated rings. The Morgan fingerprint density at radius 3 is 3.05 bits per heavy atom. The molecular formula is C13H13ClN2O3. The van der Waals surface area contributed by atoms with Crippen molar-refractivity contribution in [2.45, 2.75) is 13.5 Å². The lowest BCUT2D eigenvalue weighted by molar-refractivity contribution is -0.143. The zero-order chi connectivity index (χ0) is 13.8. The first-order chi connectivity index (χ1) is 9.15. The van der Waals surface area contributed by atoms with Gasteiger partial charge in [-0.05, 0) is 25.1 Å². The Labute approximate surface area is 115 Å². The lowest BCUT2D eigenvalue weighted by atomic mass is 10.2. The third-order valence-corrected chi connectivity index (χ3v) is 2.91. The van der Waals surface area contributed by atoms with E-state index in [0.717, 1.165) is 10.9 Å². The van der Waals surface area contributed by atoms with Crippen LogP contribution in [0.2, 0.25) is 5.02 Å². The maximum absolute atomic E-state index is 11.5. The lowest BCUT2D eigenvalue weighted by Crippen LogP contribution is -2.12. The van der Waals surface area contributed by atoms with Gasteiger partial charge in [0.15, 0.2) is 0 Å². The van der Waals surface area contributed by atoms with Crippen LogP contribution in [0.1, 0.15) is 12.5 Å². The number of oxime groups is 1. The van der Waals surface area contributed by atoms with Crippen LogP contribution in [0.15, 0.2) is 29.6 Å². The average Bonchev–Trinajstić information content (AvgIpc) is 2.68. The Kier molecular flexibility index (Phi) is 4.06. The van der Waals surface area contributed by atoms with Gasteiger partial charge in [0.25, 0.3) is 0 Å². The highest BCUT2D eigenvalue weighted by Gasteiger charge is 2.11. The predicted octanol–water partition coefficient (Wildman–Crippen LogP) is 2.67. The van der Waals surface area contributed by atoms with E-state index < -0.39 is 0 Å². The number of nitrogens with zero attached hydrogens (tertiary/aromatic N) is 2. The number of esters is 1. The first-order valence-electron chi connectivity index (χ1n) is 5.77. The molecule has 6 heteroatoms. The molecular weight excluding hydrogens is 268 g/mol. The molecule has 5 nitrogen and oxygen atoms in total. The number of hydrogen-bond acceptors (Lipinski definition) is 4. The zero-order valence-electron chi connectivity index (χ0n) is 10.3. The second kappa shape index (κ2) is 5.75. The van der Waals surface area contributed by atoms with Crippen molar-refractivity contribution >= 4 is 34.7 Å². The van der Waals surface area contributed by atoms with Gasteiger partial charge in [0.1, 0.15) is 6.54 Å². The van der Waals surface area contributed by atoms with E-state index >= 15 is 0 Å². The molecule has 0 aliphatic heterocycles. The Morgan fingerprint density at radius 2 is 2.37 bits per heavy atom. The molecule has 2 rings (SSSR count). The Bertz CT molecular complexity index is 634. The third-order valence-electron chi connectivity index (χ3n) is 2.68. The van der Waals surface area contributed by atoms with E-state index in [1.807, 2.05) is 6.07 Å². The van der Waals surface area contributed by atoms with Crippen molar-refractivity contribution < 1.29 is 14.7 Å². The largest absolute Gasteiger partial charge is 0.465 e. The zero-order valence-corrected chi connectivity index (χ0v) is 11.1. The predicted molar refractivity (Wildman–Crippen MR) is 73.0 cm³/mol. The minimum absolute atomic E-state index is 0.102. The molecule has 0 saturated carbocycles. The molecule has 1 aromatic carbocycles. The van der Waals surface area contributed by atoms with E-state index in [-0.39, 0.29) is 12.5 Å². The highest BCUT2D eigenvalue weighted by atomic mass is 35.5. The Morgan fingerprint density at radius 1 is 1.58 bits per heavy atom. The fraction of sp³-hybridized carbons (Fsp3) is 0.231. The Hall–Kier alpha value is -2.01. The van der Waals surface area contributed by atoms with Gasteiger partial charge in [-0.25, -0.2) is 0 Å². The van der Waals surface area contributed by atoms with Crippen LogP contribution in [0.3, 0.4) is 0 Å². The van der Waals surface area contributed by atoms with Crippen molar-refractivity contribution in [1.82, 2.24) is 4.57 Å². The molecule has 0 saturated heterocycles. The van der Waals surface area contributed by atoms with Gasteiger partial charge in [0.2, 0.25) is 0 Å². The highest BCUT2D eigenvalue weighted by molar-refractivity contribution is 6.31. The summed E-state index contributed by atoms with van der Waals surface area (Å²) in [5, 5.41) is 13.1. The van der Waals surface area contributed by atoms with Gasteiger partial charge >= 0.3 is 5.97 Å². The maximum atomic E-state index is 11.5. The highest BCUT2D eigenvalue weighted by Crippen LogP contribution is 2.24. The molecule has 0 spiro atoms. The van der Waals surface area contributed by atoms with E-state index in [4.69, 9.17) is 21.5 Å². The van der Waals surface area contributed by atoms with Gasteiger partial charge in [-0.15, -0.1) is 0 Å². The molecule has 1 aromatic heterocycles. The summed E-state index contributed by atoms with van der Waals surface area (Å²) in [7, 11) is 0. The summed E-state index contributed by atoms with van der Waals surface area (Å²) in [4.78, 5) is 11.5. The SMILES string of the molecule is CCOC(=O)Cn1cc(/C=N\O)c2cc(Cl)ccc21. The fourth-order valence-electron chi connectivity index (χ4n) is 1.94. The molecule has 0 aliphatic carbocycles. The van der Waals surface area contributed by atoms with Gasteiger partial charge in [-0.3, -0.25) is 4.79 Å². The number of halogens is 1. The van der Waals surface area contributed by atoms with Gasteiger partial charge in [-0.2, -0.15) is 0 Å². The molecule has 0 atom stereocenters. The van der Waals surface area contributed by atoms with E-state index in [0.29, 0.717) is 17.2 Å². The topological polar surface area (TPSA) is 63.8 Å². The number of rotatable bonds is 4. The molecule has 1 N–H and O–H groups in total. The summed E-state index contributed by atoms with van der Waals surface area (Å²) >= 11 is 5.95. The third kappa shape index (κ3) is 2.88. The van der Waals surface area contributed by atoms with Gasteiger partial charge < -0.3 is 14.5 Å². The second-order valence-corrected chi connectivity index (χ2v) is 4.36. The summed E-state index contributed by atoms with van der Waals surface area (Å²) in [6, 6.07) is 5.31. The quantitative estimate of drug-likeness (QED) is 0.405. The van der Waals surface area contributed by atoms with Crippen LogP contribution in [-0.2, 0) is 16.1 Å². The standard InChI is InChI=1S/C13H13ClN2O3/c1-2-19-13(17)8-16-7-9(6-15-18)11-5-10(14)3-4-12(11)16/h3-7,18H,2,8H2,1H3/b15-6-. The first kappa shape index (κ1) is 13.4. The van der Waals surface area contributed by atoms with E-state index in [1.54, 1.807) is 29.8 Å². The molecule has 2 aromatic rings. The summed E-state index contributed by atoms with van der Waals surface area (Å²) in [6.45, 7) is 2.20. The number of ether oxygens (including phenoxy) is 1.